The zero-order valence-corrected chi connectivity index (χ0v) is 9.43. The summed E-state index contributed by atoms with van der Waals surface area (Å²) in [5.74, 6) is 0. The molecular formula is C12H13ClN2. The van der Waals surface area contributed by atoms with Gasteiger partial charge in [0.05, 0.1) is 10.7 Å². The highest BCUT2D eigenvalue weighted by atomic mass is 35.5. The van der Waals surface area contributed by atoms with Crippen molar-refractivity contribution in [1.82, 2.24) is 9.88 Å². The fourth-order valence-electron chi connectivity index (χ4n) is 2.31. The van der Waals surface area contributed by atoms with Crippen LogP contribution in [0.3, 0.4) is 0 Å². The Kier molecular flexibility index (Phi) is 2.01. The molecule has 3 rings (SSSR count). The van der Waals surface area contributed by atoms with Crippen molar-refractivity contribution in [3.63, 3.8) is 0 Å². The van der Waals surface area contributed by atoms with Crippen LogP contribution in [0.15, 0.2) is 18.2 Å². The summed E-state index contributed by atoms with van der Waals surface area (Å²) in [5, 5.41) is 5.46. The van der Waals surface area contributed by atoms with Crippen LogP contribution >= 0.6 is 11.6 Å². The molecule has 3 heteroatoms. The smallest absolute Gasteiger partial charge is 0.0707 e. The van der Waals surface area contributed by atoms with Crippen molar-refractivity contribution < 1.29 is 0 Å². The molecule has 1 aromatic heterocycles. The van der Waals surface area contributed by atoms with Crippen molar-refractivity contribution in [3.8, 4) is 0 Å². The first-order valence-electron chi connectivity index (χ1n) is 5.25. The molecule has 0 fully saturated rings. The van der Waals surface area contributed by atoms with Crippen molar-refractivity contribution in [2.45, 2.75) is 20.0 Å². The van der Waals surface area contributed by atoms with Crippen molar-refractivity contribution in [1.29, 1.82) is 0 Å². The highest BCUT2D eigenvalue weighted by molar-refractivity contribution is 6.36. The molecule has 0 unspecified atom stereocenters. The van der Waals surface area contributed by atoms with Gasteiger partial charge in [-0.25, -0.2) is 0 Å². The molecule has 0 saturated carbocycles. The van der Waals surface area contributed by atoms with E-state index in [-0.39, 0.29) is 0 Å². The Morgan fingerprint density at radius 2 is 2.27 bits per heavy atom. The first-order chi connectivity index (χ1) is 7.27. The van der Waals surface area contributed by atoms with Crippen LogP contribution in [0.5, 0.6) is 0 Å². The predicted molar refractivity (Wildman–Crippen MR) is 63.4 cm³/mol. The quantitative estimate of drug-likeness (QED) is 0.723. The molecule has 1 aliphatic heterocycles. The summed E-state index contributed by atoms with van der Waals surface area (Å²) in [6.45, 7) is 5.03. The largest absolute Gasteiger partial charge is 0.341 e. The molecular weight excluding hydrogens is 208 g/mol. The van der Waals surface area contributed by atoms with Gasteiger partial charge in [-0.1, -0.05) is 23.2 Å². The molecule has 0 atom stereocenters. The summed E-state index contributed by atoms with van der Waals surface area (Å²) in [7, 11) is 0. The molecule has 15 heavy (non-hydrogen) atoms. The molecule has 2 nitrogen and oxygen atoms in total. The molecule has 78 valence electrons. The fourth-order valence-corrected chi connectivity index (χ4v) is 2.63. The van der Waals surface area contributed by atoms with Crippen LogP contribution in [0.1, 0.15) is 11.3 Å². The van der Waals surface area contributed by atoms with Crippen LogP contribution in [-0.2, 0) is 13.1 Å². The first-order valence-corrected chi connectivity index (χ1v) is 5.63. The topological polar surface area (TPSA) is 17.0 Å². The standard InChI is InChI=1S/C12H13ClN2/c1-8-2-3-10-9(6-8)12(13)11-7-14-4-5-15(10)11/h2-3,6,14H,4-5,7H2,1H3. The molecule has 1 aromatic carbocycles. The van der Waals surface area contributed by atoms with E-state index in [1.807, 2.05) is 0 Å². The summed E-state index contributed by atoms with van der Waals surface area (Å²) in [4.78, 5) is 0. The lowest BCUT2D eigenvalue weighted by Gasteiger charge is -2.17. The molecule has 0 amide bonds. The maximum Gasteiger partial charge on any atom is 0.0707 e. The minimum atomic E-state index is 0.882. The van der Waals surface area contributed by atoms with E-state index in [1.165, 1.54) is 22.2 Å². The Balaban J connectivity index is 2.38. The first kappa shape index (κ1) is 9.25. The van der Waals surface area contributed by atoms with Crippen molar-refractivity contribution in [2.24, 2.45) is 0 Å². The van der Waals surface area contributed by atoms with Gasteiger partial charge in [0, 0.05) is 30.5 Å². The van der Waals surface area contributed by atoms with Gasteiger partial charge in [-0.2, -0.15) is 0 Å². The minimum absolute atomic E-state index is 0.882. The highest BCUT2D eigenvalue weighted by Crippen LogP contribution is 2.32. The third-order valence-corrected chi connectivity index (χ3v) is 3.48. The SMILES string of the molecule is Cc1ccc2c(c1)c(Cl)c1n2CCNC1. The second-order valence-corrected chi connectivity index (χ2v) is 4.49. The molecule has 0 radical (unpaired) electrons. The van der Waals surface area contributed by atoms with Gasteiger partial charge in [-0.05, 0) is 19.1 Å². The lowest BCUT2D eigenvalue weighted by Crippen LogP contribution is -2.27. The third-order valence-electron chi connectivity index (χ3n) is 3.06. The summed E-state index contributed by atoms with van der Waals surface area (Å²) < 4.78 is 2.33. The van der Waals surface area contributed by atoms with Crippen LogP contribution in [-0.4, -0.2) is 11.1 Å². The lowest BCUT2D eigenvalue weighted by molar-refractivity contribution is 0.527. The average molecular weight is 221 g/mol. The Labute approximate surface area is 93.8 Å². The monoisotopic (exact) mass is 220 g/mol. The maximum atomic E-state index is 6.39. The van der Waals surface area contributed by atoms with Gasteiger partial charge in [-0.3, -0.25) is 0 Å². The number of hydrogen-bond acceptors (Lipinski definition) is 1. The van der Waals surface area contributed by atoms with E-state index >= 15 is 0 Å². The fraction of sp³-hybridized carbons (Fsp3) is 0.333. The van der Waals surface area contributed by atoms with Gasteiger partial charge in [0.25, 0.3) is 0 Å². The number of nitrogens with zero attached hydrogens (tertiary/aromatic N) is 1. The number of nitrogens with one attached hydrogen (secondary N) is 1. The zero-order valence-electron chi connectivity index (χ0n) is 8.68. The molecule has 0 aliphatic carbocycles. The number of aryl methyl sites for hydroxylation is 1. The maximum absolute atomic E-state index is 6.39. The van der Waals surface area contributed by atoms with E-state index in [2.05, 4.69) is 35.0 Å². The number of rotatable bonds is 0. The highest BCUT2D eigenvalue weighted by Gasteiger charge is 2.17. The Morgan fingerprint density at radius 1 is 1.40 bits per heavy atom. The summed E-state index contributed by atoms with van der Waals surface area (Å²) in [6.07, 6.45) is 0. The second kappa shape index (κ2) is 3.26. The van der Waals surface area contributed by atoms with Crippen LogP contribution in [0, 0.1) is 6.92 Å². The van der Waals surface area contributed by atoms with Crippen LogP contribution < -0.4 is 5.32 Å². The van der Waals surface area contributed by atoms with Gasteiger partial charge < -0.3 is 9.88 Å². The van der Waals surface area contributed by atoms with Crippen molar-refractivity contribution >= 4 is 22.5 Å². The third kappa shape index (κ3) is 1.29. The van der Waals surface area contributed by atoms with Gasteiger partial charge >= 0.3 is 0 Å². The molecule has 0 saturated heterocycles. The van der Waals surface area contributed by atoms with E-state index in [0.29, 0.717) is 0 Å². The van der Waals surface area contributed by atoms with Gasteiger partial charge in [0.1, 0.15) is 0 Å². The van der Waals surface area contributed by atoms with Crippen LogP contribution in [0.4, 0.5) is 0 Å². The number of fused-ring (bicyclic) bond motifs is 3. The number of aromatic nitrogens is 1. The Morgan fingerprint density at radius 3 is 3.13 bits per heavy atom. The van der Waals surface area contributed by atoms with Crippen LogP contribution in [0.25, 0.3) is 10.9 Å². The number of halogens is 1. The summed E-state index contributed by atoms with van der Waals surface area (Å²) >= 11 is 6.39. The average Bonchev–Trinajstić information content (AvgIpc) is 2.54. The Hall–Kier alpha value is -0.990. The van der Waals surface area contributed by atoms with E-state index in [1.54, 1.807) is 0 Å². The molecule has 2 heterocycles. The normalized spacial score (nSPS) is 15.6. The van der Waals surface area contributed by atoms with E-state index in [4.69, 9.17) is 11.6 Å². The van der Waals surface area contributed by atoms with Gasteiger partial charge in [0.15, 0.2) is 0 Å². The van der Waals surface area contributed by atoms with Crippen molar-refractivity contribution in [2.75, 3.05) is 6.54 Å². The van der Waals surface area contributed by atoms with E-state index in [0.717, 1.165) is 24.7 Å². The van der Waals surface area contributed by atoms with Gasteiger partial charge in [-0.15, -0.1) is 0 Å². The molecule has 2 aromatic rings. The summed E-state index contributed by atoms with van der Waals surface area (Å²) in [5.41, 5.74) is 3.76. The molecule has 1 N–H and O–H groups in total. The zero-order chi connectivity index (χ0) is 10.4. The van der Waals surface area contributed by atoms with Crippen LogP contribution in [0.2, 0.25) is 5.02 Å². The van der Waals surface area contributed by atoms with E-state index in [9.17, 15) is 0 Å². The molecule has 0 bridgehead atoms. The van der Waals surface area contributed by atoms with Gasteiger partial charge in [0.2, 0.25) is 0 Å². The number of benzene rings is 1. The van der Waals surface area contributed by atoms with E-state index < -0.39 is 0 Å². The molecule has 0 spiro atoms. The Bertz CT molecular complexity index is 528. The summed E-state index contributed by atoms with van der Waals surface area (Å²) in [6, 6.07) is 6.49. The lowest BCUT2D eigenvalue weighted by atomic mass is 10.2. The second-order valence-electron chi connectivity index (χ2n) is 4.11. The predicted octanol–water partition coefficient (Wildman–Crippen LogP) is 2.71. The molecule has 1 aliphatic rings. The minimum Gasteiger partial charge on any atom is -0.341 e. The number of hydrogen-bond donors (Lipinski definition) is 1. The van der Waals surface area contributed by atoms with Crippen molar-refractivity contribution in [3.05, 3.63) is 34.5 Å².